The molecule has 1 aliphatic carbocycles. The normalized spacial score (nSPS) is 14.7. The lowest BCUT2D eigenvalue weighted by Gasteiger charge is -2.45. The van der Waals surface area contributed by atoms with Crippen LogP contribution in [0.2, 0.25) is 0 Å². The third kappa shape index (κ3) is 6.37. The zero-order chi connectivity index (χ0) is 46.8. The summed E-state index contributed by atoms with van der Waals surface area (Å²) in [5.74, 6) is 0.580. The average Bonchev–Trinajstić information content (AvgIpc) is 3.97. The van der Waals surface area contributed by atoms with Gasteiger partial charge in [0.2, 0.25) is 0 Å². The summed E-state index contributed by atoms with van der Waals surface area (Å²) in [6, 6.07) is 67.8. The van der Waals surface area contributed by atoms with Gasteiger partial charge in [-0.15, -0.1) is 0 Å². The highest BCUT2D eigenvalue weighted by molar-refractivity contribution is 7.00. The van der Waals surface area contributed by atoms with Crippen molar-refractivity contribution in [2.75, 3.05) is 9.80 Å². The van der Waals surface area contributed by atoms with Crippen LogP contribution in [-0.4, -0.2) is 6.71 Å². The van der Waals surface area contributed by atoms with Crippen LogP contribution >= 0.6 is 0 Å². The lowest BCUT2D eigenvalue weighted by Crippen LogP contribution is -2.61. The van der Waals surface area contributed by atoms with Crippen LogP contribution in [0.1, 0.15) is 75.5 Å². The summed E-state index contributed by atoms with van der Waals surface area (Å²) in [6.45, 7) is 9.33. The molecule has 0 N–H and O–H groups in total. The number of nitrogens with zero attached hydrogens (tertiary/aromatic N) is 2. The molecule has 0 spiro atoms. The first-order chi connectivity index (χ1) is 34.2. The maximum Gasteiger partial charge on any atom is 0.252 e. The lowest BCUT2D eigenvalue weighted by atomic mass is 9.33. The van der Waals surface area contributed by atoms with E-state index in [1.54, 1.807) is 0 Å². The van der Waals surface area contributed by atoms with Crippen LogP contribution in [0.3, 0.4) is 0 Å². The first kappa shape index (κ1) is 41.2. The van der Waals surface area contributed by atoms with Crippen LogP contribution in [-0.2, 0) is 5.41 Å². The molecule has 0 atom stereocenters. The molecule has 1 saturated carbocycles. The van der Waals surface area contributed by atoms with Crippen molar-refractivity contribution in [1.82, 2.24) is 0 Å². The molecule has 11 aromatic rings. The highest BCUT2D eigenvalue weighted by Gasteiger charge is 2.44. The van der Waals surface area contributed by atoms with Crippen LogP contribution < -0.4 is 26.2 Å². The molecule has 3 aliphatic rings. The van der Waals surface area contributed by atoms with E-state index in [-0.39, 0.29) is 12.1 Å². The van der Waals surface area contributed by atoms with E-state index in [0.29, 0.717) is 5.92 Å². The summed E-state index contributed by atoms with van der Waals surface area (Å²) in [5, 5.41) is 4.58. The first-order valence-corrected chi connectivity index (χ1v) is 25.3. The van der Waals surface area contributed by atoms with Crippen LogP contribution in [0.4, 0.5) is 34.1 Å². The number of hydrogen-bond donors (Lipinski definition) is 0. The second kappa shape index (κ2) is 15.6. The van der Waals surface area contributed by atoms with E-state index in [1.807, 2.05) is 12.1 Å². The van der Waals surface area contributed by atoms with E-state index in [2.05, 4.69) is 207 Å². The van der Waals surface area contributed by atoms with Crippen molar-refractivity contribution in [3.63, 3.8) is 0 Å². The molecule has 5 heteroatoms. The fraction of sp³-hybridized carbons (Fsp3) is 0.169. The molecule has 338 valence electrons. The van der Waals surface area contributed by atoms with Crippen LogP contribution in [0, 0.1) is 6.92 Å². The zero-order valence-electron chi connectivity index (χ0n) is 40.2. The van der Waals surface area contributed by atoms with Gasteiger partial charge in [0.25, 0.3) is 6.71 Å². The molecule has 2 aliphatic heterocycles. The predicted molar refractivity (Wildman–Crippen MR) is 295 cm³/mol. The fourth-order valence-corrected chi connectivity index (χ4v) is 12.4. The van der Waals surface area contributed by atoms with Gasteiger partial charge in [-0.3, -0.25) is 0 Å². The Balaban J connectivity index is 0.958. The fourth-order valence-electron chi connectivity index (χ4n) is 12.4. The van der Waals surface area contributed by atoms with Crippen LogP contribution in [0.5, 0.6) is 0 Å². The van der Waals surface area contributed by atoms with Gasteiger partial charge in [-0.2, -0.15) is 0 Å². The monoisotopic (exact) mass is 904 g/mol. The highest BCUT2D eigenvalue weighted by atomic mass is 16.3. The SMILES string of the molecule is Cc1cc2c3c(c1)N(c1ccc(-c4cccc5c4oc4ccccc45)cc1)c1ccc(C(C)(C)C)cc1B3c1cc(C3CCCCC3)ccc1N2c1ccc(-c2cccc3c2oc2ccccc23)cc1. The number of hydrogen-bond acceptors (Lipinski definition) is 4. The Morgan fingerprint density at radius 3 is 1.51 bits per heavy atom. The number of furan rings is 2. The zero-order valence-corrected chi connectivity index (χ0v) is 40.2. The Kier molecular flexibility index (Phi) is 9.21. The second-order valence-electron chi connectivity index (χ2n) is 21.2. The van der Waals surface area contributed by atoms with Crippen molar-refractivity contribution in [1.29, 1.82) is 0 Å². The Bertz CT molecular complexity index is 3870. The molecule has 0 saturated heterocycles. The Morgan fingerprint density at radius 1 is 0.471 bits per heavy atom. The maximum absolute atomic E-state index is 6.54. The van der Waals surface area contributed by atoms with Crippen molar-refractivity contribution in [3.05, 3.63) is 199 Å². The third-order valence-corrected chi connectivity index (χ3v) is 15.9. The minimum Gasteiger partial charge on any atom is -0.455 e. The highest BCUT2D eigenvalue weighted by Crippen LogP contribution is 2.47. The van der Waals surface area contributed by atoms with Crippen molar-refractivity contribution in [2.24, 2.45) is 0 Å². The van der Waals surface area contributed by atoms with Gasteiger partial charge in [0.15, 0.2) is 0 Å². The van der Waals surface area contributed by atoms with Crippen molar-refractivity contribution >= 4 is 101 Å². The van der Waals surface area contributed by atoms with Gasteiger partial charge >= 0.3 is 0 Å². The second-order valence-corrected chi connectivity index (χ2v) is 21.2. The summed E-state index contributed by atoms with van der Waals surface area (Å²) < 4.78 is 13.1. The standard InChI is InChI=1S/C65H53BN2O2/c1-40-36-58-62-59(37-40)68(47-32-26-43(27-33-47)49-19-13-21-53-51-17-9-11-23-61(51)70-64(49)53)57-35-29-45(65(2,3)4)39-55(57)66(62)54-38-44(41-14-6-5-7-15-41)28-34-56(54)67(58)46-30-24-42(25-31-46)48-18-12-20-52-50-16-8-10-22-60(50)69-63(48)52/h8-13,16-39,41H,5-7,14-15H2,1-4H3. The van der Waals surface area contributed by atoms with E-state index in [0.717, 1.165) is 77.5 Å². The van der Waals surface area contributed by atoms with Crippen LogP contribution in [0.15, 0.2) is 191 Å². The van der Waals surface area contributed by atoms with E-state index in [4.69, 9.17) is 8.83 Å². The molecule has 0 bridgehead atoms. The van der Waals surface area contributed by atoms with Gasteiger partial charge in [-0.1, -0.05) is 161 Å². The molecule has 0 unspecified atom stereocenters. The van der Waals surface area contributed by atoms with E-state index >= 15 is 0 Å². The van der Waals surface area contributed by atoms with E-state index < -0.39 is 0 Å². The number of para-hydroxylation sites is 4. The van der Waals surface area contributed by atoms with Crippen LogP contribution in [0.25, 0.3) is 66.1 Å². The molecule has 0 amide bonds. The molecular formula is C65H53BN2O2. The van der Waals surface area contributed by atoms with E-state index in [1.165, 1.54) is 87.9 Å². The van der Waals surface area contributed by atoms with Crippen molar-refractivity contribution in [3.8, 4) is 22.3 Å². The quantitative estimate of drug-likeness (QED) is 0.161. The third-order valence-electron chi connectivity index (χ3n) is 15.9. The summed E-state index contributed by atoms with van der Waals surface area (Å²) in [5.41, 5.74) is 23.5. The Labute approximate surface area is 409 Å². The average molecular weight is 905 g/mol. The molecule has 1 fully saturated rings. The number of benzene rings is 9. The van der Waals surface area contributed by atoms with Gasteiger partial charge in [0.1, 0.15) is 22.3 Å². The Hall–Kier alpha value is -7.76. The topological polar surface area (TPSA) is 32.8 Å². The maximum atomic E-state index is 6.54. The summed E-state index contributed by atoms with van der Waals surface area (Å²) in [4.78, 5) is 5.10. The molecule has 4 heterocycles. The molecule has 0 radical (unpaired) electrons. The van der Waals surface area contributed by atoms with Gasteiger partial charge in [-0.25, -0.2) is 0 Å². The molecule has 70 heavy (non-hydrogen) atoms. The summed E-state index contributed by atoms with van der Waals surface area (Å²) in [6.07, 6.45) is 6.46. The first-order valence-electron chi connectivity index (χ1n) is 25.3. The van der Waals surface area contributed by atoms with Gasteiger partial charge in [0, 0.05) is 66.8 Å². The molecule has 9 aromatic carbocycles. The molecule has 14 rings (SSSR count). The van der Waals surface area contributed by atoms with Crippen molar-refractivity contribution in [2.45, 2.75) is 71.1 Å². The Morgan fingerprint density at radius 2 is 0.971 bits per heavy atom. The summed E-state index contributed by atoms with van der Waals surface area (Å²) >= 11 is 0. The smallest absolute Gasteiger partial charge is 0.252 e. The number of fused-ring (bicyclic) bond motifs is 10. The van der Waals surface area contributed by atoms with E-state index in [9.17, 15) is 0 Å². The van der Waals surface area contributed by atoms with Gasteiger partial charge in [0.05, 0.1) is 0 Å². The largest absolute Gasteiger partial charge is 0.455 e. The number of rotatable bonds is 5. The van der Waals surface area contributed by atoms with Crippen molar-refractivity contribution < 1.29 is 8.83 Å². The number of aryl methyl sites for hydroxylation is 1. The van der Waals surface area contributed by atoms with Gasteiger partial charge in [-0.05, 0) is 136 Å². The molecule has 4 nitrogen and oxygen atoms in total. The lowest BCUT2D eigenvalue weighted by molar-refractivity contribution is 0.444. The minimum atomic E-state index is -0.0303. The molecule has 2 aromatic heterocycles. The predicted octanol–water partition coefficient (Wildman–Crippen LogP) is 16.6. The minimum absolute atomic E-state index is 0.0303. The van der Waals surface area contributed by atoms with Gasteiger partial charge < -0.3 is 18.6 Å². The molecular weight excluding hydrogens is 852 g/mol. The number of anilines is 6. The summed E-state index contributed by atoms with van der Waals surface area (Å²) in [7, 11) is 0.